The van der Waals surface area contributed by atoms with Crippen molar-refractivity contribution in [2.24, 2.45) is 5.92 Å². The SMILES string of the molecule is C[C@H]1[C@H](O)[C@@H](O)[C@H](c2ccc(Cl)c(Cc3ccc(OCCOC4CC4)cc3)c2)O[C@@H]1CO. The third-order valence-electron chi connectivity index (χ3n) is 6.23. The fourth-order valence-corrected chi connectivity index (χ4v) is 4.21. The second kappa shape index (κ2) is 10.5. The maximum atomic E-state index is 10.6. The maximum absolute atomic E-state index is 10.6. The zero-order valence-electron chi connectivity index (χ0n) is 18.2. The van der Waals surface area contributed by atoms with Gasteiger partial charge in [0.1, 0.15) is 24.6 Å². The van der Waals surface area contributed by atoms with Gasteiger partial charge in [-0.1, -0.05) is 42.8 Å². The van der Waals surface area contributed by atoms with Crippen molar-refractivity contribution in [1.82, 2.24) is 0 Å². The van der Waals surface area contributed by atoms with Gasteiger partial charge in [-0.3, -0.25) is 0 Å². The molecular formula is C25H31ClO6. The second-order valence-corrected chi connectivity index (χ2v) is 9.12. The zero-order chi connectivity index (χ0) is 22.7. The van der Waals surface area contributed by atoms with Crippen LogP contribution in [0.15, 0.2) is 42.5 Å². The van der Waals surface area contributed by atoms with Crippen LogP contribution in [0.5, 0.6) is 5.75 Å². The molecule has 3 N–H and O–H groups in total. The van der Waals surface area contributed by atoms with Crippen LogP contribution in [-0.2, 0) is 15.9 Å². The molecule has 2 aromatic rings. The van der Waals surface area contributed by atoms with Gasteiger partial charge in [-0.2, -0.15) is 0 Å². The fraction of sp³-hybridized carbons (Fsp3) is 0.520. The van der Waals surface area contributed by atoms with Crippen LogP contribution in [-0.4, -0.2) is 59.6 Å². The van der Waals surface area contributed by atoms with Gasteiger partial charge >= 0.3 is 0 Å². The standard InChI is InChI=1S/C25H31ClO6/c1-15-22(14-27)32-25(24(29)23(15)28)17-4-9-21(26)18(13-17)12-16-2-5-19(6-3-16)30-10-11-31-20-7-8-20/h2-6,9,13,15,20,22-25,27-29H,7-8,10-12,14H2,1H3/t15-,22-,23+,24-,25+/m1/s1. The van der Waals surface area contributed by atoms with Gasteiger partial charge in [0.05, 0.1) is 31.5 Å². The summed E-state index contributed by atoms with van der Waals surface area (Å²) in [5.41, 5.74) is 2.68. The Labute approximate surface area is 193 Å². The van der Waals surface area contributed by atoms with Crippen LogP contribution in [0.3, 0.4) is 0 Å². The summed E-state index contributed by atoms with van der Waals surface area (Å²) in [7, 11) is 0. The molecule has 0 amide bonds. The Balaban J connectivity index is 1.41. The quantitative estimate of drug-likeness (QED) is 0.496. The molecule has 0 unspecified atom stereocenters. The van der Waals surface area contributed by atoms with E-state index in [1.54, 1.807) is 19.1 Å². The molecule has 0 aromatic heterocycles. The highest BCUT2D eigenvalue weighted by molar-refractivity contribution is 6.31. The summed E-state index contributed by atoms with van der Waals surface area (Å²) < 4.78 is 17.2. The summed E-state index contributed by atoms with van der Waals surface area (Å²) in [5.74, 6) is 0.434. The van der Waals surface area contributed by atoms with Gasteiger partial charge < -0.3 is 29.5 Å². The molecule has 1 saturated carbocycles. The van der Waals surface area contributed by atoms with Crippen LogP contribution in [0.25, 0.3) is 0 Å². The van der Waals surface area contributed by atoms with Gasteiger partial charge in [0.2, 0.25) is 0 Å². The van der Waals surface area contributed by atoms with E-state index in [1.807, 2.05) is 30.3 Å². The van der Waals surface area contributed by atoms with E-state index in [2.05, 4.69) is 0 Å². The summed E-state index contributed by atoms with van der Waals surface area (Å²) in [4.78, 5) is 0. The van der Waals surface area contributed by atoms with Gasteiger partial charge in [0.15, 0.2) is 0 Å². The number of halogens is 1. The Kier molecular flexibility index (Phi) is 7.71. The monoisotopic (exact) mass is 462 g/mol. The number of hydrogen-bond donors (Lipinski definition) is 3. The Bertz CT molecular complexity index is 883. The number of hydrogen-bond acceptors (Lipinski definition) is 6. The lowest BCUT2D eigenvalue weighted by Gasteiger charge is -2.41. The Morgan fingerprint density at radius 3 is 2.47 bits per heavy atom. The molecular weight excluding hydrogens is 432 g/mol. The molecule has 5 atom stereocenters. The predicted molar refractivity (Wildman–Crippen MR) is 121 cm³/mol. The highest BCUT2D eigenvalue weighted by Gasteiger charge is 2.42. The molecule has 1 saturated heterocycles. The molecule has 32 heavy (non-hydrogen) atoms. The number of benzene rings is 2. The van der Waals surface area contributed by atoms with Crippen molar-refractivity contribution < 1.29 is 29.5 Å². The molecule has 2 aliphatic rings. The first-order chi connectivity index (χ1) is 15.5. The normalized spacial score (nSPS) is 28.0. The van der Waals surface area contributed by atoms with E-state index in [0.717, 1.165) is 35.3 Å². The van der Waals surface area contributed by atoms with Gasteiger partial charge in [-0.05, 0) is 54.2 Å². The van der Waals surface area contributed by atoms with Crippen molar-refractivity contribution in [3.63, 3.8) is 0 Å². The molecule has 2 aromatic carbocycles. The molecule has 2 fully saturated rings. The lowest BCUT2D eigenvalue weighted by Crippen LogP contribution is -2.50. The molecule has 174 valence electrons. The van der Waals surface area contributed by atoms with Crippen molar-refractivity contribution in [2.75, 3.05) is 19.8 Å². The van der Waals surface area contributed by atoms with Crippen LogP contribution in [0.4, 0.5) is 0 Å². The average Bonchev–Trinajstić information content (AvgIpc) is 3.63. The van der Waals surface area contributed by atoms with E-state index in [-0.39, 0.29) is 12.5 Å². The third-order valence-corrected chi connectivity index (χ3v) is 6.60. The molecule has 6 nitrogen and oxygen atoms in total. The Morgan fingerprint density at radius 1 is 1.03 bits per heavy atom. The minimum absolute atomic E-state index is 0.219. The van der Waals surface area contributed by atoms with E-state index in [0.29, 0.717) is 30.8 Å². The summed E-state index contributed by atoms with van der Waals surface area (Å²) in [6.07, 6.45) is 0.0148. The first-order valence-corrected chi connectivity index (χ1v) is 11.6. The minimum Gasteiger partial charge on any atom is -0.491 e. The van der Waals surface area contributed by atoms with Gasteiger partial charge in [0.25, 0.3) is 0 Å². The van der Waals surface area contributed by atoms with Crippen LogP contribution >= 0.6 is 11.6 Å². The van der Waals surface area contributed by atoms with Crippen molar-refractivity contribution >= 4 is 11.6 Å². The van der Waals surface area contributed by atoms with E-state index >= 15 is 0 Å². The Morgan fingerprint density at radius 2 is 1.78 bits per heavy atom. The molecule has 1 heterocycles. The lowest BCUT2D eigenvalue weighted by molar-refractivity contribution is -0.207. The topological polar surface area (TPSA) is 88.4 Å². The average molecular weight is 463 g/mol. The van der Waals surface area contributed by atoms with Crippen molar-refractivity contribution in [3.8, 4) is 5.75 Å². The molecule has 0 bridgehead atoms. The van der Waals surface area contributed by atoms with Crippen molar-refractivity contribution in [2.45, 2.75) is 56.7 Å². The fourth-order valence-electron chi connectivity index (χ4n) is 4.03. The molecule has 1 aliphatic heterocycles. The first-order valence-electron chi connectivity index (χ1n) is 11.2. The van der Waals surface area contributed by atoms with Crippen molar-refractivity contribution in [1.29, 1.82) is 0 Å². The highest BCUT2D eigenvalue weighted by atomic mass is 35.5. The number of ether oxygens (including phenoxy) is 3. The largest absolute Gasteiger partial charge is 0.491 e. The summed E-state index contributed by atoms with van der Waals surface area (Å²) in [5, 5.41) is 31.2. The van der Waals surface area contributed by atoms with Crippen LogP contribution in [0.2, 0.25) is 5.02 Å². The molecule has 0 radical (unpaired) electrons. The summed E-state index contributed by atoms with van der Waals surface area (Å²) in [6, 6.07) is 13.3. The minimum atomic E-state index is -1.08. The maximum Gasteiger partial charge on any atom is 0.119 e. The molecule has 4 rings (SSSR count). The third kappa shape index (κ3) is 5.63. The van der Waals surface area contributed by atoms with Crippen molar-refractivity contribution in [3.05, 3.63) is 64.2 Å². The Hall–Kier alpha value is -1.67. The van der Waals surface area contributed by atoms with Gasteiger partial charge in [-0.15, -0.1) is 0 Å². The van der Waals surface area contributed by atoms with E-state index < -0.39 is 24.4 Å². The summed E-state index contributed by atoms with van der Waals surface area (Å²) >= 11 is 6.44. The van der Waals surface area contributed by atoms with Crippen LogP contribution in [0, 0.1) is 5.92 Å². The lowest BCUT2D eigenvalue weighted by atomic mass is 9.85. The smallest absolute Gasteiger partial charge is 0.119 e. The van der Waals surface area contributed by atoms with E-state index in [1.165, 1.54) is 0 Å². The predicted octanol–water partition coefficient (Wildman–Crippen LogP) is 3.28. The van der Waals surface area contributed by atoms with Gasteiger partial charge in [0, 0.05) is 10.9 Å². The first kappa shape index (κ1) is 23.5. The number of rotatable bonds is 9. The van der Waals surface area contributed by atoms with Gasteiger partial charge in [-0.25, -0.2) is 0 Å². The molecule has 1 aliphatic carbocycles. The van der Waals surface area contributed by atoms with Crippen LogP contribution < -0.4 is 4.74 Å². The van der Waals surface area contributed by atoms with Crippen LogP contribution in [0.1, 0.15) is 42.6 Å². The molecule has 0 spiro atoms. The van der Waals surface area contributed by atoms with E-state index in [4.69, 9.17) is 25.8 Å². The highest BCUT2D eigenvalue weighted by Crippen LogP contribution is 2.36. The summed E-state index contributed by atoms with van der Waals surface area (Å²) in [6.45, 7) is 2.68. The zero-order valence-corrected chi connectivity index (χ0v) is 18.9. The number of aliphatic hydroxyl groups excluding tert-OH is 3. The van der Waals surface area contributed by atoms with E-state index in [9.17, 15) is 15.3 Å². The molecule has 7 heteroatoms. The number of aliphatic hydroxyl groups is 3. The second-order valence-electron chi connectivity index (χ2n) is 8.71.